The van der Waals surface area contributed by atoms with Gasteiger partial charge in [0, 0.05) is 15.9 Å². The zero-order valence-electron chi connectivity index (χ0n) is 12.2. The third kappa shape index (κ3) is 4.62. The molecule has 0 spiro atoms. The van der Waals surface area contributed by atoms with E-state index in [1.807, 2.05) is 18.4 Å². The average molecular weight is 308 g/mol. The maximum Gasteiger partial charge on any atom is 0.0441 e. The fourth-order valence-electron chi connectivity index (χ4n) is 2.41. The van der Waals surface area contributed by atoms with Crippen LogP contribution in [0.15, 0.2) is 35.7 Å². The van der Waals surface area contributed by atoms with Crippen molar-refractivity contribution in [1.82, 2.24) is 5.32 Å². The van der Waals surface area contributed by atoms with Gasteiger partial charge in [0.1, 0.15) is 0 Å². The third-order valence-corrected chi connectivity index (χ3v) is 4.93. The van der Waals surface area contributed by atoms with Gasteiger partial charge in [-0.15, -0.1) is 11.3 Å². The highest BCUT2D eigenvalue weighted by atomic mass is 35.5. The van der Waals surface area contributed by atoms with Crippen LogP contribution in [0.3, 0.4) is 0 Å². The Balaban J connectivity index is 1.85. The number of benzene rings is 1. The van der Waals surface area contributed by atoms with E-state index in [4.69, 9.17) is 11.6 Å². The van der Waals surface area contributed by atoms with Crippen LogP contribution in [0.4, 0.5) is 0 Å². The van der Waals surface area contributed by atoms with Crippen LogP contribution in [0.2, 0.25) is 5.02 Å². The lowest BCUT2D eigenvalue weighted by molar-refractivity contribution is 0.503. The summed E-state index contributed by atoms with van der Waals surface area (Å²) in [7, 11) is 2.04. The van der Waals surface area contributed by atoms with Gasteiger partial charge in [-0.25, -0.2) is 0 Å². The molecule has 108 valence electrons. The van der Waals surface area contributed by atoms with Gasteiger partial charge in [-0.1, -0.05) is 29.8 Å². The molecule has 0 radical (unpaired) electrons. The SMILES string of the molecule is CNC(CCCc1cccs1)Cc1ccc(C)cc1Cl. The molecule has 0 aliphatic carbocycles. The molecule has 0 bridgehead atoms. The van der Waals surface area contributed by atoms with Gasteiger partial charge < -0.3 is 5.32 Å². The number of hydrogen-bond acceptors (Lipinski definition) is 2. The number of thiophene rings is 1. The molecule has 0 fully saturated rings. The Hall–Kier alpha value is -0.830. The lowest BCUT2D eigenvalue weighted by Gasteiger charge is -2.17. The molecular formula is C17H22ClNS. The van der Waals surface area contributed by atoms with E-state index in [-0.39, 0.29) is 0 Å². The van der Waals surface area contributed by atoms with Crippen LogP contribution in [0.25, 0.3) is 0 Å². The molecule has 1 aromatic heterocycles. The molecular weight excluding hydrogens is 286 g/mol. The summed E-state index contributed by atoms with van der Waals surface area (Å²) in [4.78, 5) is 1.48. The van der Waals surface area contributed by atoms with Crippen LogP contribution >= 0.6 is 22.9 Å². The number of halogens is 1. The van der Waals surface area contributed by atoms with Crippen LogP contribution in [-0.4, -0.2) is 13.1 Å². The Morgan fingerprint density at radius 3 is 2.80 bits per heavy atom. The number of rotatable bonds is 7. The maximum absolute atomic E-state index is 6.32. The smallest absolute Gasteiger partial charge is 0.0441 e. The summed E-state index contributed by atoms with van der Waals surface area (Å²) in [6.07, 6.45) is 4.58. The Morgan fingerprint density at radius 1 is 1.30 bits per heavy atom. The van der Waals surface area contributed by atoms with E-state index in [9.17, 15) is 0 Å². The number of hydrogen-bond donors (Lipinski definition) is 1. The summed E-state index contributed by atoms with van der Waals surface area (Å²) in [6.45, 7) is 2.08. The maximum atomic E-state index is 6.32. The molecule has 0 aliphatic heterocycles. The monoisotopic (exact) mass is 307 g/mol. The lowest BCUT2D eigenvalue weighted by atomic mass is 10.00. The van der Waals surface area contributed by atoms with E-state index in [1.54, 1.807) is 0 Å². The Labute approximate surface area is 131 Å². The van der Waals surface area contributed by atoms with Crippen molar-refractivity contribution in [2.24, 2.45) is 0 Å². The first-order valence-corrected chi connectivity index (χ1v) is 8.39. The van der Waals surface area contributed by atoms with E-state index in [2.05, 4.69) is 48.0 Å². The Bertz CT molecular complexity index is 522. The van der Waals surface area contributed by atoms with Crippen molar-refractivity contribution in [2.45, 2.75) is 38.6 Å². The molecule has 2 rings (SSSR count). The topological polar surface area (TPSA) is 12.0 Å². The molecule has 0 saturated heterocycles. The molecule has 20 heavy (non-hydrogen) atoms. The summed E-state index contributed by atoms with van der Waals surface area (Å²) < 4.78 is 0. The quantitative estimate of drug-likeness (QED) is 0.770. The fourth-order valence-corrected chi connectivity index (χ4v) is 3.47. The Morgan fingerprint density at radius 2 is 2.15 bits per heavy atom. The first-order valence-electron chi connectivity index (χ1n) is 7.13. The second kappa shape index (κ2) is 7.82. The molecule has 1 nitrogen and oxygen atoms in total. The van der Waals surface area contributed by atoms with Crippen LogP contribution in [0.5, 0.6) is 0 Å². The van der Waals surface area contributed by atoms with Gasteiger partial charge in [0.25, 0.3) is 0 Å². The van der Waals surface area contributed by atoms with Gasteiger partial charge in [-0.3, -0.25) is 0 Å². The van der Waals surface area contributed by atoms with Crippen LogP contribution < -0.4 is 5.32 Å². The summed E-state index contributed by atoms with van der Waals surface area (Å²) in [6, 6.07) is 11.2. The molecule has 3 heteroatoms. The highest BCUT2D eigenvalue weighted by molar-refractivity contribution is 7.09. The van der Waals surface area contributed by atoms with E-state index < -0.39 is 0 Å². The average Bonchev–Trinajstić information content (AvgIpc) is 2.93. The van der Waals surface area contributed by atoms with Crippen molar-refractivity contribution in [3.8, 4) is 0 Å². The highest BCUT2D eigenvalue weighted by Gasteiger charge is 2.10. The van der Waals surface area contributed by atoms with Crippen LogP contribution in [0.1, 0.15) is 28.8 Å². The minimum absolute atomic E-state index is 0.496. The summed E-state index contributed by atoms with van der Waals surface area (Å²) in [5, 5.41) is 6.46. The molecule has 1 heterocycles. The molecule has 0 aliphatic rings. The Kier molecular flexibility index (Phi) is 6.08. The normalized spacial score (nSPS) is 12.6. The molecule has 0 saturated carbocycles. The minimum Gasteiger partial charge on any atom is -0.317 e. The van der Waals surface area contributed by atoms with Crippen molar-refractivity contribution in [1.29, 1.82) is 0 Å². The first-order chi connectivity index (χ1) is 9.69. The van der Waals surface area contributed by atoms with Gasteiger partial charge in [0.15, 0.2) is 0 Å². The lowest BCUT2D eigenvalue weighted by Crippen LogP contribution is -2.27. The third-order valence-electron chi connectivity index (χ3n) is 3.64. The van der Waals surface area contributed by atoms with E-state index >= 15 is 0 Å². The molecule has 2 aromatic rings. The number of nitrogens with one attached hydrogen (secondary N) is 1. The van der Waals surface area contributed by atoms with E-state index in [0.717, 1.165) is 11.4 Å². The minimum atomic E-state index is 0.496. The second-order valence-corrected chi connectivity index (χ2v) is 6.70. The van der Waals surface area contributed by atoms with Gasteiger partial charge >= 0.3 is 0 Å². The first kappa shape index (κ1) is 15.6. The van der Waals surface area contributed by atoms with E-state index in [1.165, 1.54) is 35.3 Å². The molecule has 1 N–H and O–H groups in total. The second-order valence-electron chi connectivity index (χ2n) is 5.26. The predicted molar refractivity (Wildman–Crippen MR) is 90.0 cm³/mol. The molecule has 1 aromatic carbocycles. The van der Waals surface area contributed by atoms with Gasteiger partial charge in [0.2, 0.25) is 0 Å². The number of aryl methyl sites for hydroxylation is 2. The largest absolute Gasteiger partial charge is 0.317 e. The summed E-state index contributed by atoms with van der Waals surface area (Å²) >= 11 is 8.17. The summed E-state index contributed by atoms with van der Waals surface area (Å²) in [5.74, 6) is 0. The van der Waals surface area contributed by atoms with Crippen molar-refractivity contribution < 1.29 is 0 Å². The van der Waals surface area contributed by atoms with Crippen molar-refractivity contribution in [2.75, 3.05) is 7.05 Å². The predicted octanol–water partition coefficient (Wildman–Crippen LogP) is 4.86. The molecule has 1 atom stereocenters. The van der Waals surface area contributed by atoms with Crippen molar-refractivity contribution in [3.63, 3.8) is 0 Å². The highest BCUT2D eigenvalue weighted by Crippen LogP contribution is 2.21. The van der Waals surface area contributed by atoms with Crippen LogP contribution in [-0.2, 0) is 12.8 Å². The van der Waals surface area contributed by atoms with E-state index in [0.29, 0.717) is 6.04 Å². The summed E-state index contributed by atoms with van der Waals surface area (Å²) in [5.41, 5.74) is 2.46. The van der Waals surface area contributed by atoms with Gasteiger partial charge in [-0.05, 0) is 68.3 Å². The molecule has 1 unspecified atom stereocenters. The van der Waals surface area contributed by atoms with Gasteiger partial charge in [0.05, 0.1) is 0 Å². The molecule has 0 amide bonds. The van der Waals surface area contributed by atoms with Crippen molar-refractivity contribution in [3.05, 3.63) is 56.7 Å². The van der Waals surface area contributed by atoms with Crippen molar-refractivity contribution >= 4 is 22.9 Å². The van der Waals surface area contributed by atoms with Gasteiger partial charge in [-0.2, -0.15) is 0 Å². The number of likely N-dealkylation sites (N-methyl/N-ethyl adjacent to an activating group) is 1. The zero-order chi connectivity index (χ0) is 14.4. The fraction of sp³-hybridized carbons (Fsp3) is 0.412. The standard InChI is InChI=1S/C17H22ClNS/c1-13-8-9-14(17(18)11-13)12-15(19-2)5-3-6-16-7-4-10-20-16/h4,7-11,15,19H,3,5-6,12H2,1-2H3. The zero-order valence-corrected chi connectivity index (χ0v) is 13.7. The van der Waals surface area contributed by atoms with Crippen LogP contribution in [0, 0.1) is 6.92 Å².